The van der Waals surface area contributed by atoms with E-state index in [0.717, 1.165) is 12.8 Å². The Labute approximate surface area is 95.7 Å². The molecule has 0 aromatic carbocycles. The molecule has 0 radical (unpaired) electrons. The Morgan fingerprint density at radius 3 is 2.27 bits per heavy atom. The standard InChI is InChI=1S/C7H16N2O3S.C2H6.2H2/c1-3-4-5-9-7(10)6-13(11,12)8-2;1-2;;/h8H,3-6H2,1-2H3,(H,9,10);1-2H3;2*1H. The Morgan fingerprint density at radius 2 is 1.87 bits per heavy atom. The molecule has 1 amide bonds. The first-order valence-electron chi connectivity index (χ1n) is 5.19. The van der Waals surface area contributed by atoms with E-state index in [4.69, 9.17) is 0 Å². The van der Waals surface area contributed by atoms with Crippen LogP contribution in [0.1, 0.15) is 36.5 Å². The third kappa shape index (κ3) is 11.3. The van der Waals surface area contributed by atoms with Gasteiger partial charge in [-0.1, -0.05) is 27.2 Å². The molecule has 0 aliphatic carbocycles. The van der Waals surface area contributed by atoms with Crippen LogP contribution in [0, 0.1) is 0 Å². The number of carbonyl (C=O) groups is 1. The van der Waals surface area contributed by atoms with Gasteiger partial charge in [0.2, 0.25) is 15.9 Å². The van der Waals surface area contributed by atoms with Gasteiger partial charge in [-0.05, 0) is 13.5 Å². The first kappa shape index (κ1) is 16.8. The fourth-order valence-corrected chi connectivity index (χ4v) is 1.29. The summed E-state index contributed by atoms with van der Waals surface area (Å²) in [5.74, 6) is -0.949. The van der Waals surface area contributed by atoms with Crippen molar-refractivity contribution in [2.24, 2.45) is 0 Å². The molecule has 5 nitrogen and oxygen atoms in total. The number of unbranched alkanes of at least 4 members (excludes halogenated alkanes) is 1. The summed E-state index contributed by atoms with van der Waals surface area (Å²) in [6.07, 6.45) is 1.84. The summed E-state index contributed by atoms with van der Waals surface area (Å²) in [7, 11) is -2.13. The maximum atomic E-state index is 11.0. The fourth-order valence-electron chi connectivity index (χ4n) is 0.700. The molecule has 0 saturated carbocycles. The van der Waals surface area contributed by atoms with Crippen LogP contribution in [0.5, 0.6) is 0 Å². The molecule has 0 saturated heterocycles. The lowest BCUT2D eigenvalue weighted by atomic mass is 10.3. The maximum Gasteiger partial charge on any atom is 0.236 e. The molecule has 2 N–H and O–H groups in total. The Balaban J connectivity index is -0.000000199. The van der Waals surface area contributed by atoms with Gasteiger partial charge >= 0.3 is 0 Å². The number of nitrogens with one attached hydrogen (secondary N) is 2. The monoisotopic (exact) mass is 242 g/mol. The third-order valence-corrected chi connectivity index (χ3v) is 2.75. The highest BCUT2D eigenvalue weighted by Crippen LogP contribution is 1.85. The van der Waals surface area contributed by atoms with Gasteiger partial charge in [0.25, 0.3) is 0 Å². The predicted molar refractivity (Wildman–Crippen MR) is 66.3 cm³/mol. The molecule has 96 valence electrons. The van der Waals surface area contributed by atoms with Crippen molar-refractivity contribution in [1.29, 1.82) is 0 Å². The van der Waals surface area contributed by atoms with Crippen LogP contribution in [0.25, 0.3) is 0 Å². The molecule has 0 bridgehead atoms. The first-order chi connectivity index (χ1) is 7.02. The van der Waals surface area contributed by atoms with Gasteiger partial charge in [-0.15, -0.1) is 0 Å². The van der Waals surface area contributed by atoms with Crippen molar-refractivity contribution in [3.05, 3.63) is 0 Å². The molecule has 0 aliphatic heterocycles. The maximum absolute atomic E-state index is 11.0. The van der Waals surface area contributed by atoms with E-state index in [9.17, 15) is 13.2 Å². The molecule has 0 rings (SSSR count). The molecule has 0 atom stereocenters. The van der Waals surface area contributed by atoms with Gasteiger partial charge in [0.15, 0.2) is 0 Å². The SMILES string of the molecule is CC.CCCCNC(=O)CS(=O)(=O)NC.[HH].[HH]. The zero-order valence-corrected chi connectivity index (χ0v) is 10.8. The lowest BCUT2D eigenvalue weighted by Crippen LogP contribution is -2.35. The molecule has 6 heteroatoms. The van der Waals surface area contributed by atoms with E-state index in [-0.39, 0.29) is 2.85 Å². The topological polar surface area (TPSA) is 75.3 Å². The van der Waals surface area contributed by atoms with Gasteiger partial charge in [-0.3, -0.25) is 4.79 Å². The zero-order valence-electron chi connectivity index (χ0n) is 9.96. The van der Waals surface area contributed by atoms with Gasteiger partial charge < -0.3 is 5.32 Å². The Hall–Kier alpha value is -0.620. The van der Waals surface area contributed by atoms with Crippen molar-refractivity contribution >= 4 is 15.9 Å². The molecule has 0 aromatic heterocycles. The largest absolute Gasteiger partial charge is 0.355 e. The van der Waals surface area contributed by atoms with E-state index in [1.807, 2.05) is 20.8 Å². The summed E-state index contributed by atoms with van der Waals surface area (Å²) in [4.78, 5) is 11.0. The van der Waals surface area contributed by atoms with E-state index in [1.54, 1.807) is 0 Å². The lowest BCUT2D eigenvalue weighted by molar-refractivity contribution is -0.118. The fraction of sp³-hybridized carbons (Fsp3) is 0.889. The smallest absolute Gasteiger partial charge is 0.236 e. The Morgan fingerprint density at radius 1 is 1.33 bits per heavy atom. The van der Waals surface area contributed by atoms with E-state index in [1.165, 1.54) is 7.05 Å². The van der Waals surface area contributed by atoms with Crippen LogP contribution in [-0.4, -0.2) is 33.7 Å². The molecular formula is C9H26N2O3S. The minimum Gasteiger partial charge on any atom is -0.355 e. The summed E-state index contributed by atoms with van der Waals surface area (Å²) in [5, 5.41) is 2.52. The molecule has 0 aliphatic rings. The summed E-state index contributed by atoms with van der Waals surface area (Å²) in [6, 6.07) is 0. The van der Waals surface area contributed by atoms with Crippen LogP contribution >= 0.6 is 0 Å². The van der Waals surface area contributed by atoms with Crippen LogP contribution in [0.3, 0.4) is 0 Å². The van der Waals surface area contributed by atoms with Crippen LogP contribution in [-0.2, 0) is 14.8 Å². The van der Waals surface area contributed by atoms with Crippen molar-refractivity contribution in [3.63, 3.8) is 0 Å². The van der Waals surface area contributed by atoms with E-state index >= 15 is 0 Å². The second kappa shape index (κ2) is 9.92. The van der Waals surface area contributed by atoms with Crippen molar-refractivity contribution in [1.82, 2.24) is 10.0 Å². The highest BCUT2D eigenvalue weighted by molar-refractivity contribution is 7.90. The minimum atomic E-state index is -3.42. The van der Waals surface area contributed by atoms with Crippen molar-refractivity contribution in [3.8, 4) is 0 Å². The van der Waals surface area contributed by atoms with Crippen molar-refractivity contribution in [2.75, 3.05) is 19.3 Å². The molecule has 0 unspecified atom stereocenters. The second-order valence-electron chi connectivity index (χ2n) is 2.67. The van der Waals surface area contributed by atoms with Crippen molar-refractivity contribution < 1.29 is 16.1 Å². The highest BCUT2D eigenvalue weighted by Gasteiger charge is 2.12. The second-order valence-corrected chi connectivity index (χ2v) is 4.59. The molecule has 0 aromatic rings. The van der Waals surface area contributed by atoms with E-state index < -0.39 is 21.7 Å². The molecule has 15 heavy (non-hydrogen) atoms. The average Bonchev–Trinajstić information content (AvgIpc) is 2.21. The Kier molecular flexibility index (Phi) is 11.1. The zero-order chi connectivity index (χ0) is 12.3. The minimum absolute atomic E-state index is 0. The third-order valence-electron chi connectivity index (χ3n) is 1.48. The molecule has 0 spiro atoms. The number of sulfonamides is 1. The summed E-state index contributed by atoms with van der Waals surface area (Å²) in [5.41, 5.74) is 0. The van der Waals surface area contributed by atoms with Crippen molar-refractivity contribution in [2.45, 2.75) is 33.6 Å². The van der Waals surface area contributed by atoms with Crippen LogP contribution < -0.4 is 10.0 Å². The van der Waals surface area contributed by atoms with Gasteiger partial charge in [-0.25, -0.2) is 13.1 Å². The summed E-state index contributed by atoms with van der Waals surface area (Å²) >= 11 is 0. The number of hydrogen-bond acceptors (Lipinski definition) is 3. The van der Waals surface area contributed by atoms with Crippen LogP contribution in [0.2, 0.25) is 0 Å². The van der Waals surface area contributed by atoms with Gasteiger partial charge in [0.05, 0.1) is 0 Å². The molecule has 0 fully saturated rings. The number of rotatable bonds is 6. The number of amides is 1. The predicted octanol–water partition coefficient (Wildman–Crippen LogP) is 0.970. The average molecular weight is 242 g/mol. The van der Waals surface area contributed by atoms with E-state index in [0.29, 0.717) is 6.54 Å². The quantitative estimate of drug-likeness (QED) is 0.681. The Bertz CT molecular complexity index is 259. The van der Waals surface area contributed by atoms with Gasteiger partial charge in [0, 0.05) is 9.40 Å². The van der Waals surface area contributed by atoms with E-state index in [2.05, 4.69) is 10.0 Å². The lowest BCUT2D eigenvalue weighted by Gasteiger charge is -2.03. The summed E-state index contributed by atoms with van der Waals surface area (Å²) < 4.78 is 23.8. The number of hydrogen-bond donors (Lipinski definition) is 2. The van der Waals surface area contributed by atoms with Crippen LogP contribution in [0.4, 0.5) is 0 Å². The molecule has 0 heterocycles. The summed E-state index contributed by atoms with van der Waals surface area (Å²) in [6.45, 7) is 6.53. The normalized spacial score (nSPS) is 10.1. The van der Waals surface area contributed by atoms with Crippen LogP contribution in [0.15, 0.2) is 0 Å². The molecular weight excluding hydrogens is 216 g/mol. The van der Waals surface area contributed by atoms with Gasteiger partial charge in [-0.2, -0.15) is 0 Å². The van der Waals surface area contributed by atoms with Gasteiger partial charge in [0.1, 0.15) is 5.75 Å². The highest BCUT2D eigenvalue weighted by atomic mass is 32.2. The number of carbonyl (C=O) groups excluding carboxylic acids is 1. The first-order valence-corrected chi connectivity index (χ1v) is 6.85.